The molecule has 94 valence electrons. The molecule has 4 nitrogen and oxygen atoms in total. The molecule has 3 rings (SSSR count). The van der Waals surface area contributed by atoms with E-state index in [1.54, 1.807) is 0 Å². The van der Waals surface area contributed by atoms with E-state index in [1.807, 2.05) is 0 Å². The van der Waals surface area contributed by atoms with Crippen molar-refractivity contribution < 1.29 is 13.2 Å². The molecule has 1 aromatic heterocycles. The Morgan fingerprint density at radius 1 is 1.33 bits per heavy atom. The fraction of sp³-hybridized carbons (Fsp3) is 0.273. The van der Waals surface area contributed by atoms with E-state index in [9.17, 15) is 18.0 Å². The summed E-state index contributed by atoms with van der Waals surface area (Å²) in [5.74, 6) is 0.198. The third-order valence-electron chi connectivity index (χ3n) is 2.92. The minimum Gasteiger partial charge on any atom is -0.354 e. The van der Waals surface area contributed by atoms with E-state index in [1.165, 1.54) is 16.7 Å². The molecule has 2 aromatic rings. The lowest BCUT2D eigenvalue weighted by molar-refractivity contribution is -0.136. The molecule has 2 heterocycles. The summed E-state index contributed by atoms with van der Waals surface area (Å²) in [4.78, 5) is 15.4. The molecular weight excluding hydrogens is 247 g/mol. The maximum Gasteiger partial charge on any atom is 0.418 e. The van der Waals surface area contributed by atoms with Crippen molar-refractivity contribution in [2.24, 2.45) is 0 Å². The van der Waals surface area contributed by atoms with Gasteiger partial charge in [0.15, 0.2) is 0 Å². The van der Waals surface area contributed by atoms with Gasteiger partial charge in [-0.2, -0.15) is 18.2 Å². The van der Waals surface area contributed by atoms with Crippen LogP contribution in [0.2, 0.25) is 0 Å². The van der Waals surface area contributed by atoms with E-state index in [0.29, 0.717) is 13.1 Å². The van der Waals surface area contributed by atoms with Gasteiger partial charge in [0.05, 0.1) is 16.5 Å². The van der Waals surface area contributed by atoms with Crippen LogP contribution in [0.5, 0.6) is 0 Å². The Hall–Kier alpha value is -2.05. The number of aromatic nitrogens is 2. The lowest BCUT2D eigenvalue weighted by atomic mass is 10.1. The Bertz CT molecular complexity index is 690. The number of nitrogens with one attached hydrogen (secondary N) is 1. The van der Waals surface area contributed by atoms with Crippen LogP contribution < -0.4 is 10.9 Å². The van der Waals surface area contributed by atoms with Crippen LogP contribution >= 0.6 is 0 Å². The van der Waals surface area contributed by atoms with Crippen molar-refractivity contribution in [3.8, 4) is 0 Å². The molecule has 0 atom stereocenters. The summed E-state index contributed by atoms with van der Waals surface area (Å²) in [7, 11) is 0. The van der Waals surface area contributed by atoms with Crippen molar-refractivity contribution in [1.82, 2.24) is 9.55 Å². The quantitative estimate of drug-likeness (QED) is 0.781. The number of anilines is 1. The number of nitrogens with zero attached hydrogens (tertiary/aromatic N) is 2. The van der Waals surface area contributed by atoms with Crippen LogP contribution in [-0.2, 0) is 12.7 Å². The molecule has 1 aliphatic rings. The molecule has 0 fully saturated rings. The molecule has 0 bridgehead atoms. The Kier molecular flexibility index (Phi) is 2.13. The van der Waals surface area contributed by atoms with Crippen molar-refractivity contribution in [3.05, 3.63) is 34.1 Å². The number of fused-ring (bicyclic) bond motifs is 3. The van der Waals surface area contributed by atoms with Crippen LogP contribution in [0.25, 0.3) is 10.9 Å². The predicted molar refractivity (Wildman–Crippen MR) is 59.5 cm³/mol. The highest BCUT2D eigenvalue weighted by Gasteiger charge is 2.34. The molecular formula is C11H8F3N3O. The van der Waals surface area contributed by atoms with E-state index in [4.69, 9.17) is 0 Å². The van der Waals surface area contributed by atoms with E-state index >= 15 is 0 Å². The van der Waals surface area contributed by atoms with Crippen molar-refractivity contribution in [2.45, 2.75) is 12.7 Å². The highest BCUT2D eigenvalue weighted by atomic mass is 19.4. The van der Waals surface area contributed by atoms with Gasteiger partial charge in [-0.1, -0.05) is 6.07 Å². The molecule has 0 aliphatic carbocycles. The van der Waals surface area contributed by atoms with Crippen molar-refractivity contribution >= 4 is 16.9 Å². The maximum atomic E-state index is 13.0. The summed E-state index contributed by atoms with van der Waals surface area (Å²) < 4.78 is 40.3. The standard InChI is InChI=1S/C11H8F3N3O/c12-11(13,14)7-3-1-2-6-8(7)17-5-4-15-10(17)16-9(6)18/h1-3H,4-5H2,(H,15,16,18). The smallest absolute Gasteiger partial charge is 0.354 e. The molecule has 0 saturated heterocycles. The normalized spacial score (nSPS) is 14.6. The third kappa shape index (κ3) is 1.47. The number of rotatable bonds is 0. The SMILES string of the molecule is O=c1nc2n(c3c(C(F)(F)F)cccc13)CCN2. The number of benzene rings is 1. The second kappa shape index (κ2) is 3.47. The summed E-state index contributed by atoms with van der Waals surface area (Å²) in [5.41, 5.74) is -1.54. The molecule has 0 radical (unpaired) electrons. The summed E-state index contributed by atoms with van der Waals surface area (Å²) in [5, 5.41) is 2.79. The van der Waals surface area contributed by atoms with Gasteiger partial charge in [0.1, 0.15) is 0 Å². The van der Waals surface area contributed by atoms with Crippen molar-refractivity contribution in [3.63, 3.8) is 0 Å². The summed E-state index contributed by atoms with van der Waals surface area (Å²) in [6.07, 6.45) is -4.49. The van der Waals surface area contributed by atoms with Crippen LogP contribution in [0.1, 0.15) is 5.56 Å². The van der Waals surface area contributed by atoms with Crippen LogP contribution in [0.4, 0.5) is 19.1 Å². The van der Waals surface area contributed by atoms with Gasteiger partial charge in [0.2, 0.25) is 5.95 Å². The summed E-state index contributed by atoms with van der Waals surface area (Å²) in [6.45, 7) is 0.837. The third-order valence-corrected chi connectivity index (χ3v) is 2.92. The lowest BCUT2D eigenvalue weighted by Crippen LogP contribution is -2.17. The van der Waals surface area contributed by atoms with Gasteiger partial charge in [-0.05, 0) is 12.1 Å². The molecule has 1 aromatic carbocycles. The van der Waals surface area contributed by atoms with Crippen LogP contribution in [-0.4, -0.2) is 16.1 Å². The lowest BCUT2D eigenvalue weighted by Gasteiger charge is -2.13. The number of para-hydroxylation sites is 1. The van der Waals surface area contributed by atoms with Gasteiger partial charge >= 0.3 is 6.18 Å². The average Bonchev–Trinajstić information content (AvgIpc) is 2.75. The van der Waals surface area contributed by atoms with Gasteiger partial charge in [-0.3, -0.25) is 4.79 Å². The first-order chi connectivity index (χ1) is 8.48. The Labute approximate surface area is 99.1 Å². The predicted octanol–water partition coefficient (Wildman–Crippen LogP) is 1.84. The maximum absolute atomic E-state index is 13.0. The van der Waals surface area contributed by atoms with Crippen molar-refractivity contribution in [1.29, 1.82) is 0 Å². The number of halogens is 3. The summed E-state index contributed by atoms with van der Waals surface area (Å²) >= 11 is 0. The van der Waals surface area contributed by atoms with Crippen LogP contribution in [0.15, 0.2) is 23.0 Å². The molecule has 7 heteroatoms. The summed E-state index contributed by atoms with van der Waals surface area (Å²) in [6, 6.07) is 3.57. The van der Waals surface area contributed by atoms with E-state index in [-0.39, 0.29) is 16.9 Å². The molecule has 0 spiro atoms. The molecule has 0 amide bonds. The Morgan fingerprint density at radius 3 is 2.83 bits per heavy atom. The molecule has 0 unspecified atom stereocenters. The molecule has 0 saturated carbocycles. The molecule has 1 N–H and O–H groups in total. The minimum absolute atomic E-state index is 0.00252. The van der Waals surface area contributed by atoms with E-state index in [2.05, 4.69) is 10.3 Å². The number of alkyl halides is 3. The van der Waals surface area contributed by atoms with Gasteiger partial charge in [0, 0.05) is 13.1 Å². The van der Waals surface area contributed by atoms with E-state index < -0.39 is 17.3 Å². The zero-order valence-electron chi connectivity index (χ0n) is 9.08. The van der Waals surface area contributed by atoms with Crippen LogP contribution in [0.3, 0.4) is 0 Å². The monoisotopic (exact) mass is 255 g/mol. The number of hydrogen-bond acceptors (Lipinski definition) is 3. The van der Waals surface area contributed by atoms with Gasteiger partial charge < -0.3 is 9.88 Å². The first kappa shape index (κ1) is 11.1. The second-order valence-electron chi connectivity index (χ2n) is 4.02. The Morgan fingerprint density at radius 2 is 2.11 bits per heavy atom. The number of hydrogen-bond donors (Lipinski definition) is 1. The molecule has 18 heavy (non-hydrogen) atoms. The topological polar surface area (TPSA) is 46.9 Å². The largest absolute Gasteiger partial charge is 0.418 e. The zero-order valence-corrected chi connectivity index (χ0v) is 9.08. The first-order valence-electron chi connectivity index (χ1n) is 5.33. The van der Waals surface area contributed by atoms with Gasteiger partial charge in [0.25, 0.3) is 5.56 Å². The van der Waals surface area contributed by atoms with Gasteiger partial charge in [-0.15, -0.1) is 0 Å². The van der Waals surface area contributed by atoms with Crippen LogP contribution in [0, 0.1) is 0 Å². The van der Waals surface area contributed by atoms with E-state index in [0.717, 1.165) is 6.07 Å². The zero-order chi connectivity index (χ0) is 12.9. The fourth-order valence-corrected chi connectivity index (χ4v) is 2.19. The second-order valence-corrected chi connectivity index (χ2v) is 4.02. The Balaban J connectivity index is 2.50. The minimum atomic E-state index is -4.49. The molecule has 1 aliphatic heterocycles. The highest BCUT2D eigenvalue weighted by molar-refractivity contribution is 5.83. The van der Waals surface area contributed by atoms with Gasteiger partial charge in [-0.25, -0.2) is 0 Å². The first-order valence-corrected chi connectivity index (χ1v) is 5.33. The highest BCUT2D eigenvalue weighted by Crippen LogP contribution is 2.35. The fourth-order valence-electron chi connectivity index (χ4n) is 2.19. The average molecular weight is 255 g/mol. The van der Waals surface area contributed by atoms with Crippen molar-refractivity contribution in [2.75, 3.05) is 11.9 Å².